The number of halogens is 1. The van der Waals surface area contributed by atoms with E-state index in [-0.39, 0.29) is 11.8 Å². The minimum Gasteiger partial charge on any atom is -0.355 e. The van der Waals surface area contributed by atoms with Gasteiger partial charge in [0.15, 0.2) is 0 Å². The lowest BCUT2D eigenvalue weighted by molar-refractivity contribution is -0.118. The molecule has 0 unspecified atom stereocenters. The SMILES string of the molecule is O=C(CCl)NCCCn1cccn1. The molecule has 1 aromatic rings. The van der Waals surface area contributed by atoms with E-state index in [0.717, 1.165) is 13.0 Å². The molecule has 1 amide bonds. The molecule has 72 valence electrons. The van der Waals surface area contributed by atoms with Crippen LogP contribution in [0.15, 0.2) is 18.5 Å². The van der Waals surface area contributed by atoms with Crippen molar-refractivity contribution in [2.45, 2.75) is 13.0 Å². The molecular formula is C8H12ClN3O. The number of nitrogens with one attached hydrogen (secondary N) is 1. The Bertz CT molecular complexity index is 248. The Kier molecular flexibility index (Phi) is 4.32. The lowest BCUT2D eigenvalue weighted by Crippen LogP contribution is -2.26. The fourth-order valence-electron chi connectivity index (χ4n) is 0.949. The average molecular weight is 202 g/mol. The molecule has 1 heterocycles. The van der Waals surface area contributed by atoms with Gasteiger partial charge in [-0.3, -0.25) is 9.48 Å². The Morgan fingerprint density at radius 2 is 2.46 bits per heavy atom. The van der Waals surface area contributed by atoms with Crippen molar-refractivity contribution in [2.24, 2.45) is 0 Å². The summed E-state index contributed by atoms with van der Waals surface area (Å²) in [7, 11) is 0. The molecule has 0 saturated carbocycles. The Labute approximate surface area is 81.9 Å². The first-order valence-corrected chi connectivity index (χ1v) is 4.66. The minimum atomic E-state index is -0.123. The van der Waals surface area contributed by atoms with Crippen LogP contribution < -0.4 is 5.32 Å². The average Bonchev–Trinajstić information content (AvgIpc) is 2.64. The Hall–Kier alpha value is -1.03. The molecule has 0 spiro atoms. The van der Waals surface area contributed by atoms with Gasteiger partial charge in [-0.1, -0.05) is 0 Å². The van der Waals surface area contributed by atoms with Crippen LogP contribution in [0.3, 0.4) is 0 Å². The third-order valence-electron chi connectivity index (χ3n) is 1.57. The van der Waals surface area contributed by atoms with Crippen molar-refractivity contribution in [3.8, 4) is 0 Å². The molecule has 1 aromatic heterocycles. The third kappa shape index (κ3) is 3.94. The van der Waals surface area contributed by atoms with Crippen molar-refractivity contribution in [3.63, 3.8) is 0 Å². The first-order chi connectivity index (χ1) is 6.33. The van der Waals surface area contributed by atoms with Crippen LogP contribution >= 0.6 is 11.6 Å². The normalized spacial score (nSPS) is 9.92. The maximum atomic E-state index is 10.7. The zero-order valence-corrected chi connectivity index (χ0v) is 8.00. The lowest BCUT2D eigenvalue weighted by atomic mass is 10.4. The smallest absolute Gasteiger partial charge is 0.234 e. The van der Waals surface area contributed by atoms with E-state index in [0.29, 0.717) is 6.54 Å². The summed E-state index contributed by atoms with van der Waals surface area (Å²) in [6.45, 7) is 1.46. The maximum Gasteiger partial charge on any atom is 0.234 e. The Morgan fingerprint density at radius 1 is 1.62 bits per heavy atom. The third-order valence-corrected chi connectivity index (χ3v) is 1.81. The number of carbonyl (C=O) groups excluding carboxylic acids is 1. The van der Waals surface area contributed by atoms with Gasteiger partial charge in [-0.2, -0.15) is 5.10 Å². The summed E-state index contributed by atoms with van der Waals surface area (Å²) in [5.74, 6) is -0.0935. The van der Waals surface area contributed by atoms with Gasteiger partial charge in [0.05, 0.1) is 0 Å². The van der Waals surface area contributed by atoms with Crippen molar-refractivity contribution >= 4 is 17.5 Å². The van der Waals surface area contributed by atoms with Gasteiger partial charge < -0.3 is 5.32 Å². The molecule has 0 atom stereocenters. The van der Waals surface area contributed by atoms with Crippen molar-refractivity contribution in [3.05, 3.63) is 18.5 Å². The van der Waals surface area contributed by atoms with Crippen LogP contribution in [0.5, 0.6) is 0 Å². The van der Waals surface area contributed by atoms with E-state index in [1.165, 1.54) is 0 Å². The summed E-state index contributed by atoms with van der Waals surface area (Å²) in [5.41, 5.74) is 0. The second-order valence-electron chi connectivity index (χ2n) is 2.61. The molecule has 1 N–H and O–H groups in total. The van der Waals surface area contributed by atoms with Gasteiger partial charge in [0, 0.05) is 25.5 Å². The summed E-state index contributed by atoms with van der Waals surface area (Å²) in [4.78, 5) is 10.7. The van der Waals surface area contributed by atoms with Crippen molar-refractivity contribution in [1.82, 2.24) is 15.1 Å². The number of amides is 1. The molecule has 0 radical (unpaired) electrons. The van der Waals surface area contributed by atoms with Crippen LogP contribution in [-0.4, -0.2) is 28.1 Å². The number of alkyl halides is 1. The number of aryl methyl sites for hydroxylation is 1. The van der Waals surface area contributed by atoms with E-state index >= 15 is 0 Å². The number of aromatic nitrogens is 2. The number of nitrogens with zero attached hydrogens (tertiary/aromatic N) is 2. The van der Waals surface area contributed by atoms with E-state index in [2.05, 4.69) is 10.4 Å². The molecule has 0 saturated heterocycles. The summed E-state index contributed by atoms with van der Waals surface area (Å²) in [6, 6.07) is 1.87. The Morgan fingerprint density at radius 3 is 3.08 bits per heavy atom. The molecule has 4 nitrogen and oxygen atoms in total. The monoisotopic (exact) mass is 201 g/mol. The molecule has 0 aromatic carbocycles. The highest BCUT2D eigenvalue weighted by Crippen LogP contribution is 1.87. The van der Waals surface area contributed by atoms with E-state index in [4.69, 9.17) is 11.6 Å². The van der Waals surface area contributed by atoms with Crippen molar-refractivity contribution in [1.29, 1.82) is 0 Å². The zero-order valence-electron chi connectivity index (χ0n) is 7.24. The summed E-state index contributed by atoms with van der Waals surface area (Å²) >= 11 is 5.30. The van der Waals surface area contributed by atoms with Crippen molar-refractivity contribution < 1.29 is 4.79 Å². The van der Waals surface area contributed by atoms with Crippen LogP contribution in [0.4, 0.5) is 0 Å². The fraction of sp³-hybridized carbons (Fsp3) is 0.500. The first kappa shape index (κ1) is 10.1. The standard InChI is InChI=1S/C8H12ClN3O/c9-7-8(13)10-3-1-5-12-6-2-4-11-12/h2,4,6H,1,3,5,7H2,(H,10,13). The van der Waals surface area contributed by atoms with Crippen molar-refractivity contribution in [2.75, 3.05) is 12.4 Å². The van der Waals surface area contributed by atoms with Crippen LogP contribution in [0.25, 0.3) is 0 Å². The first-order valence-electron chi connectivity index (χ1n) is 4.13. The molecule has 0 aliphatic heterocycles. The predicted octanol–water partition coefficient (Wildman–Crippen LogP) is 0.628. The van der Waals surface area contributed by atoms with Gasteiger partial charge in [-0.15, -0.1) is 11.6 Å². The van der Waals surface area contributed by atoms with Gasteiger partial charge in [-0.05, 0) is 12.5 Å². The summed E-state index contributed by atoms with van der Waals surface area (Å²) in [6.07, 6.45) is 4.49. The topological polar surface area (TPSA) is 46.9 Å². The minimum absolute atomic E-state index is 0.0295. The predicted molar refractivity (Wildman–Crippen MR) is 50.6 cm³/mol. The van der Waals surface area contributed by atoms with Gasteiger partial charge in [0.1, 0.15) is 5.88 Å². The summed E-state index contributed by atoms with van der Waals surface area (Å²) < 4.78 is 1.83. The number of hydrogen-bond donors (Lipinski definition) is 1. The highest BCUT2D eigenvalue weighted by atomic mass is 35.5. The van der Waals surface area contributed by atoms with E-state index < -0.39 is 0 Å². The van der Waals surface area contributed by atoms with Crippen LogP contribution in [0, 0.1) is 0 Å². The van der Waals surface area contributed by atoms with Gasteiger partial charge in [0.25, 0.3) is 0 Å². The molecule has 0 bridgehead atoms. The number of rotatable bonds is 5. The molecule has 5 heteroatoms. The van der Waals surface area contributed by atoms with Crippen LogP contribution in [0.1, 0.15) is 6.42 Å². The van der Waals surface area contributed by atoms with Crippen LogP contribution in [0.2, 0.25) is 0 Å². The van der Waals surface area contributed by atoms with Gasteiger partial charge in [-0.25, -0.2) is 0 Å². The quantitative estimate of drug-likeness (QED) is 0.561. The number of hydrogen-bond acceptors (Lipinski definition) is 2. The molecule has 1 rings (SSSR count). The van der Waals surface area contributed by atoms with E-state index in [1.54, 1.807) is 6.20 Å². The van der Waals surface area contributed by atoms with Gasteiger partial charge in [0.2, 0.25) is 5.91 Å². The molecule has 13 heavy (non-hydrogen) atoms. The maximum absolute atomic E-state index is 10.7. The number of carbonyl (C=O) groups is 1. The van der Waals surface area contributed by atoms with E-state index in [1.807, 2.05) is 16.9 Å². The molecule has 0 aliphatic rings. The molecular weight excluding hydrogens is 190 g/mol. The molecule has 0 fully saturated rings. The van der Waals surface area contributed by atoms with Gasteiger partial charge >= 0.3 is 0 Å². The van der Waals surface area contributed by atoms with E-state index in [9.17, 15) is 4.79 Å². The van der Waals surface area contributed by atoms with Crippen LogP contribution in [-0.2, 0) is 11.3 Å². The highest BCUT2D eigenvalue weighted by molar-refractivity contribution is 6.27. The Balaban J connectivity index is 2.05. The second kappa shape index (κ2) is 5.59. The largest absolute Gasteiger partial charge is 0.355 e. The summed E-state index contributed by atoms with van der Waals surface area (Å²) in [5, 5.41) is 6.71. The second-order valence-corrected chi connectivity index (χ2v) is 2.87. The lowest BCUT2D eigenvalue weighted by Gasteiger charge is -2.02. The molecule has 0 aliphatic carbocycles. The highest BCUT2D eigenvalue weighted by Gasteiger charge is 1.96. The fourth-order valence-corrected chi connectivity index (χ4v) is 1.04. The zero-order chi connectivity index (χ0) is 9.52.